The first-order valence-electron chi connectivity index (χ1n) is 10.5. The summed E-state index contributed by atoms with van der Waals surface area (Å²) in [5.41, 5.74) is 3.72. The van der Waals surface area contributed by atoms with Crippen molar-refractivity contribution >= 4 is 16.9 Å². The average molecular weight is 408 g/mol. The molecule has 1 aliphatic heterocycles. The number of hydrogen-bond acceptors (Lipinski definition) is 6. The number of aromatic nitrogens is 3. The molecule has 0 unspecified atom stereocenters. The Morgan fingerprint density at radius 3 is 2.73 bits per heavy atom. The van der Waals surface area contributed by atoms with E-state index in [0.717, 1.165) is 25.9 Å². The lowest BCUT2D eigenvalue weighted by Gasteiger charge is -2.53. The Balaban J connectivity index is 1.45. The van der Waals surface area contributed by atoms with Crippen LogP contribution in [0.4, 0.5) is 5.95 Å². The molecule has 0 spiro atoms. The van der Waals surface area contributed by atoms with Gasteiger partial charge in [-0.15, -0.1) is 0 Å². The molecular formula is C23H29N5O2. The van der Waals surface area contributed by atoms with Crippen LogP contribution in [0.15, 0.2) is 36.8 Å². The molecule has 1 aliphatic carbocycles. The minimum atomic E-state index is -0.312. The summed E-state index contributed by atoms with van der Waals surface area (Å²) in [6.45, 7) is 1.81. The van der Waals surface area contributed by atoms with Gasteiger partial charge in [0.1, 0.15) is 5.60 Å². The third kappa shape index (κ3) is 2.87. The average Bonchev–Trinajstić information content (AvgIpc) is 3.10. The molecule has 0 radical (unpaired) electrons. The minimum Gasteiger partial charge on any atom is -0.494 e. The third-order valence-corrected chi connectivity index (χ3v) is 6.95. The van der Waals surface area contributed by atoms with E-state index in [9.17, 15) is 0 Å². The summed E-state index contributed by atoms with van der Waals surface area (Å²) in [5, 5.41) is 4.78. The Morgan fingerprint density at radius 1 is 1.20 bits per heavy atom. The maximum absolute atomic E-state index is 6.40. The van der Waals surface area contributed by atoms with Crippen LogP contribution < -0.4 is 10.1 Å². The predicted octanol–water partition coefficient (Wildman–Crippen LogP) is 2.81. The molecule has 2 aliphatic rings. The van der Waals surface area contributed by atoms with E-state index >= 15 is 0 Å². The van der Waals surface area contributed by atoms with Gasteiger partial charge in [-0.1, -0.05) is 12.1 Å². The van der Waals surface area contributed by atoms with E-state index in [-0.39, 0.29) is 5.60 Å². The van der Waals surface area contributed by atoms with Gasteiger partial charge in [-0.05, 0) is 43.0 Å². The Morgan fingerprint density at radius 2 is 2.00 bits per heavy atom. The Labute approximate surface area is 177 Å². The first-order chi connectivity index (χ1) is 14.6. The minimum absolute atomic E-state index is 0.312. The maximum atomic E-state index is 6.40. The highest BCUT2D eigenvalue weighted by Gasteiger charge is 2.51. The number of methoxy groups -OCH3 is 2. The van der Waals surface area contributed by atoms with E-state index < -0.39 is 0 Å². The van der Waals surface area contributed by atoms with Gasteiger partial charge in [0, 0.05) is 50.4 Å². The van der Waals surface area contributed by atoms with Crippen LogP contribution in [-0.2, 0) is 23.8 Å². The number of ether oxygens (including phenoxy) is 2. The van der Waals surface area contributed by atoms with E-state index in [1.54, 1.807) is 19.5 Å². The highest BCUT2D eigenvalue weighted by molar-refractivity contribution is 5.89. The van der Waals surface area contributed by atoms with Crippen LogP contribution in [0.5, 0.6) is 5.75 Å². The SMILES string of the molecule is COc1cnc(NC[C@H]2CN(C)[C@@H]3Cc4cn(C)c5cccc(c45)[C@@]3(OC)C2)nc1. The highest BCUT2D eigenvalue weighted by atomic mass is 16.5. The van der Waals surface area contributed by atoms with E-state index in [1.165, 1.54) is 22.0 Å². The molecule has 2 aromatic heterocycles. The van der Waals surface area contributed by atoms with Crippen LogP contribution in [0.2, 0.25) is 0 Å². The van der Waals surface area contributed by atoms with Crippen LogP contribution in [0.1, 0.15) is 17.5 Å². The fourth-order valence-electron chi connectivity index (χ4n) is 5.60. The van der Waals surface area contributed by atoms with Gasteiger partial charge in [-0.2, -0.15) is 0 Å². The van der Waals surface area contributed by atoms with Crippen molar-refractivity contribution in [2.75, 3.05) is 39.7 Å². The van der Waals surface area contributed by atoms with E-state index in [4.69, 9.17) is 9.47 Å². The van der Waals surface area contributed by atoms with Crippen LogP contribution in [0.3, 0.4) is 0 Å². The predicted molar refractivity (Wildman–Crippen MR) is 117 cm³/mol. The number of aryl methyl sites for hydroxylation is 1. The maximum Gasteiger partial charge on any atom is 0.222 e. The zero-order chi connectivity index (χ0) is 20.9. The Kier molecular flexibility index (Phi) is 4.67. The van der Waals surface area contributed by atoms with Crippen molar-refractivity contribution in [1.82, 2.24) is 19.4 Å². The zero-order valence-electron chi connectivity index (χ0n) is 18.1. The van der Waals surface area contributed by atoms with E-state index in [1.807, 2.05) is 7.11 Å². The number of nitrogens with one attached hydrogen (secondary N) is 1. The van der Waals surface area contributed by atoms with Gasteiger partial charge in [-0.3, -0.25) is 4.90 Å². The van der Waals surface area contributed by atoms with Crippen molar-refractivity contribution in [2.24, 2.45) is 13.0 Å². The molecular weight excluding hydrogens is 378 g/mol. The number of anilines is 1. The molecule has 1 fully saturated rings. The molecule has 3 heterocycles. The topological polar surface area (TPSA) is 64.4 Å². The van der Waals surface area contributed by atoms with E-state index in [2.05, 4.69) is 63.2 Å². The molecule has 158 valence electrons. The molecule has 1 N–H and O–H groups in total. The lowest BCUT2D eigenvalue weighted by atomic mass is 9.68. The highest BCUT2D eigenvalue weighted by Crippen LogP contribution is 2.49. The molecule has 0 bridgehead atoms. The van der Waals surface area contributed by atoms with Gasteiger partial charge in [0.05, 0.1) is 19.5 Å². The Bertz CT molecular complexity index is 1060. The summed E-state index contributed by atoms with van der Waals surface area (Å²) in [6.07, 6.45) is 7.65. The molecule has 5 rings (SSSR count). The quantitative estimate of drug-likeness (QED) is 0.702. The van der Waals surface area contributed by atoms with Gasteiger partial charge in [0.25, 0.3) is 0 Å². The lowest BCUT2D eigenvalue weighted by molar-refractivity contribution is -0.123. The molecule has 7 heteroatoms. The standard InChI is InChI=1S/C23H29N5O2/c1-27-14-16-8-20-23(30-4,18-6-5-7-19(27)21(16)18)9-15(13-28(20)2)10-24-22-25-11-17(29-3)12-26-22/h5-7,11-12,14-15,20H,8-10,13H2,1-4H3,(H,24,25,26)/t15-,20+,23-/m0/s1. The molecule has 1 saturated heterocycles. The van der Waals surface area contributed by atoms with Gasteiger partial charge in [0.15, 0.2) is 5.75 Å². The number of likely N-dealkylation sites (N-methyl/N-ethyl adjacent to an activating group) is 1. The van der Waals surface area contributed by atoms with Crippen molar-refractivity contribution in [1.29, 1.82) is 0 Å². The van der Waals surface area contributed by atoms with Gasteiger partial charge in [-0.25, -0.2) is 9.97 Å². The van der Waals surface area contributed by atoms with Crippen molar-refractivity contribution in [3.8, 4) is 5.75 Å². The van der Waals surface area contributed by atoms with E-state index in [0.29, 0.717) is 23.7 Å². The molecule has 1 aromatic carbocycles. The second-order valence-electron chi connectivity index (χ2n) is 8.62. The molecule has 3 aromatic rings. The molecule has 0 amide bonds. The number of fused-ring (bicyclic) bond motifs is 2. The molecule has 0 saturated carbocycles. The number of hydrogen-bond donors (Lipinski definition) is 1. The first kappa shape index (κ1) is 19.3. The Hall–Kier alpha value is -2.64. The second kappa shape index (κ2) is 7.25. The smallest absolute Gasteiger partial charge is 0.222 e. The summed E-state index contributed by atoms with van der Waals surface area (Å²) in [5.74, 6) is 1.70. The first-order valence-corrected chi connectivity index (χ1v) is 10.5. The fraction of sp³-hybridized carbons (Fsp3) is 0.478. The largest absolute Gasteiger partial charge is 0.494 e. The van der Waals surface area contributed by atoms with Crippen molar-refractivity contribution in [3.63, 3.8) is 0 Å². The van der Waals surface area contributed by atoms with Crippen molar-refractivity contribution in [2.45, 2.75) is 24.5 Å². The fourth-order valence-corrected chi connectivity index (χ4v) is 5.60. The molecule has 7 nitrogen and oxygen atoms in total. The van der Waals surface area contributed by atoms with Gasteiger partial charge >= 0.3 is 0 Å². The van der Waals surface area contributed by atoms with Gasteiger partial charge < -0.3 is 19.4 Å². The number of nitrogens with zero attached hydrogens (tertiary/aromatic N) is 4. The monoisotopic (exact) mass is 407 g/mol. The summed E-state index contributed by atoms with van der Waals surface area (Å²) in [4.78, 5) is 11.2. The van der Waals surface area contributed by atoms with Crippen LogP contribution in [0, 0.1) is 5.92 Å². The third-order valence-electron chi connectivity index (χ3n) is 6.95. The molecule has 30 heavy (non-hydrogen) atoms. The number of likely N-dealkylation sites (tertiary alicyclic amines) is 1. The summed E-state index contributed by atoms with van der Waals surface area (Å²) >= 11 is 0. The second-order valence-corrected chi connectivity index (χ2v) is 8.62. The lowest BCUT2D eigenvalue weighted by Crippen LogP contribution is -2.60. The number of rotatable bonds is 5. The number of benzene rings is 1. The van der Waals surface area contributed by atoms with Crippen LogP contribution in [0.25, 0.3) is 10.9 Å². The molecule has 3 atom stereocenters. The van der Waals surface area contributed by atoms with Crippen molar-refractivity contribution in [3.05, 3.63) is 47.9 Å². The summed E-state index contributed by atoms with van der Waals surface area (Å²) in [6, 6.07) is 6.96. The summed E-state index contributed by atoms with van der Waals surface area (Å²) in [7, 11) is 7.85. The number of piperidine rings is 1. The zero-order valence-corrected chi connectivity index (χ0v) is 18.1. The summed E-state index contributed by atoms with van der Waals surface area (Å²) < 4.78 is 13.8. The van der Waals surface area contributed by atoms with Gasteiger partial charge in [0.2, 0.25) is 5.95 Å². The normalized spacial score (nSPS) is 25.9. The van der Waals surface area contributed by atoms with Crippen molar-refractivity contribution < 1.29 is 9.47 Å². The van der Waals surface area contributed by atoms with Crippen LogP contribution in [-0.4, -0.2) is 59.8 Å². The van der Waals surface area contributed by atoms with Crippen LogP contribution >= 0.6 is 0 Å².